The smallest absolute Gasteiger partial charge is 0.550 e. The zero-order valence-corrected chi connectivity index (χ0v) is 20.4. The van der Waals surface area contributed by atoms with Crippen molar-refractivity contribution in [3.8, 4) is 0 Å². The van der Waals surface area contributed by atoms with Crippen LogP contribution in [0.2, 0.25) is 0 Å². The molecule has 0 heterocycles. The molecule has 0 radical (unpaired) electrons. The van der Waals surface area contributed by atoms with Crippen molar-refractivity contribution in [1.29, 1.82) is 0 Å². The SMILES string of the molecule is CCCCCCCCCCCCCCCCCCOC(=O)C(O)CC(=O)[O-].[Na+]. The molecule has 0 aliphatic carbocycles. The van der Waals surface area contributed by atoms with Crippen molar-refractivity contribution in [2.24, 2.45) is 0 Å². The van der Waals surface area contributed by atoms with Crippen LogP contribution in [0.4, 0.5) is 0 Å². The van der Waals surface area contributed by atoms with E-state index >= 15 is 0 Å². The van der Waals surface area contributed by atoms with Crippen LogP contribution in [0.15, 0.2) is 0 Å². The van der Waals surface area contributed by atoms with Crippen molar-refractivity contribution in [3.05, 3.63) is 0 Å². The molecule has 0 amide bonds. The second kappa shape index (κ2) is 23.2. The summed E-state index contributed by atoms with van der Waals surface area (Å²) in [7, 11) is 0. The summed E-state index contributed by atoms with van der Waals surface area (Å²) in [5.74, 6) is -2.33. The molecule has 0 aromatic rings. The molecule has 6 heteroatoms. The number of esters is 1. The molecule has 0 aromatic heterocycles. The Kier molecular flexibility index (Phi) is 24.9. The van der Waals surface area contributed by atoms with Gasteiger partial charge < -0.3 is 19.7 Å². The fourth-order valence-corrected chi connectivity index (χ4v) is 3.16. The van der Waals surface area contributed by atoms with Crippen molar-refractivity contribution >= 4 is 11.9 Å². The quantitative estimate of drug-likeness (QED) is 0.186. The van der Waals surface area contributed by atoms with Crippen LogP contribution in [0.25, 0.3) is 0 Å². The number of unbranched alkanes of at least 4 members (excludes halogenated alkanes) is 15. The van der Waals surface area contributed by atoms with Crippen molar-refractivity contribution in [3.63, 3.8) is 0 Å². The van der Waals surface area contributed by atoms with Gasteiger partial charge in [0, 0.05) is 12.4 Å². The van der Waals surface area contributed by atoms with E-state index < -0.39 is 24.5 Å². The first-order valence-corrected chi connectivity index (χ1v) is 11.1. The van der Waals surface area contributed by atoms with Crippen LogP contribution >= 0.6 is 0 Å². The normalized spacial score (nSPS) is 11.6. The van der Waals surface area contributed by atoms with Crippen LogP contribution in [-0.2, 0) is 14.3 Å². The molecule has 1 N–H and O–H groups in total. The van der Waals surface area contributed by atoms with Gasteiger partial charge >= 0.3 is 35.5 Å². The Morgan fingerprint density at radius 1 is 0.750 bits per heavy atom. The van der Waals surface area contributed by atoms with E-state index in [0.717, 1.165) is 19.3 Å². The second-order valence-corrected chi connectivity index (χ2v) is 7.56. The minimum Gasteiger partial charge on any atom is -0.550 e. The second-order valence-electron chi connectivity index (χ2n) is 7.56. The van der Waals surface area contributed by atoms with Gasteiger partial charge in [-0.05, 0) is 6.42 Å². The van der Waals surface area contributed by atoms with Gasteiger partial charge in [0.15, 0.2) is 6.10 Å². The number of rotatable bonds is 20. The predicted octanol–water partition coefficient (Wildman–Crippen LogP) is 1.30. The molecule has 0 spiro atoms. The number of carboxylic acid groups (broad SMARTS) is 1. The van der Waals surface area contributed by atoms with Gasteiger partial charge in [-0.2, -0.15) is 0 Å². The van der Waals surface area contributed by atoms with E-state index in [1.54, 1.807) is 0 Å². The molecule has 1 atom stereocenters. The van der Waals surface area contributed by atoms with Crippen LogP contribution in [0.1, 0.15) is 116 Å². The number of aliphatic hydroxyl groups is 1. The molecule has 28 heavy (non-hydrogen) atoms. The van der Waals surface area contributed by atoms with Gasteiger partial charge in [-0.15, -0.1) is 0 Å². The van der Waals surface area contributed by atoms with Gasteiger partial charge in [0.05, 0.1) is 6.61 Å². The summed E-state index contributed by atoms with van der Waals surface area (Å²) in [6, 6.07) is 0. The molecule has 0 rings (SSSR count). The Morgan fingerprint density at radius 3 is 1.46 bits per heavy atom. The van der Waals surface area contributed by atoms with E-state index in [2.05, 4.69) is 6.92 Å². The van der Waals surface area contributed by atoms with Crippen LogP contribution in [0.5, 0.6) is 0 Å². The predicted molar refractivity (Wildman–Crippen MR) is 106 cm³/mol. The van der Waals surface area contributed by atoms with Gasteiger partial charge in [0.1, 0.15) is 0 Å². The van der Waals surface area contributed by atoms with Gasteiger partial charge in [-0.3, -0.25) is 0 Å². The first kappa shape index (κ1) is 30.1. The topological polar surface area (TPSA) is 86.7 Å². The maximum absolute atomic E-state index is 11.3. The fourth-order valence-electron chi connectivity index (χ4n) is 3.16. The van der Waals surface area contributed by atoms with Crippen LogP contribution < -0.4 is 34.7 Å². The summed E-state index contributed by atoms with van der Waals surface area (Å²) in [5.41, 5.74) is 0. The van der Waals surface area contributed by atoms with Crippen LogP contribution in [0.3, 0.4) is 0 Å². The Labute approximate surface area is 194 Å². The summed E-state index contributed by atoms with van der Waals surface area (Å²) in [5, 5.41) is 19.5. The first-order chi connectivity index (χ1) is 13.1. The molecule has 0 fully saturated rings. The third kappa shape index (κ3) is 22.2. The van der Waals surface area contributed by atoms with Gasteiger partial charge in [0.25, 0.3) is 0 Å². The molecule has 1 unspecified atom stereocenters. The Hall–Kier alpha value is -0.100. The molecule has 5 nitrogen and oxygen atoms in total. The van der Waals surface area contributed by atoms with Crippen molar-refractivity contribution in [1.82, 2.24) is 0 Å². The maximum atomic E-state index is 11.3. The summed E-state index contributed by atoms with van der Waals surface area (Å²) in [6.45, 7) is 2.50. The average Bonchev–Trinajstić information content (AvgIpc) is 2.63. The number of carboxylic acids is 1. The number of carbonyl (C=O) groups is 2. The summed E-state index contributed by atoms with van der Waals surface area (Å²) in [4.78, 5) is 21.5. The molecule has 0 saturated heterocycles. The van der Waals surface area contributed by atoms with Gasteiger partial charge in [0.2, 0.25) is 0 Å². The van der Waals surface area contributed by atoms with E-state index in [-0.39, 0.29) is 36.2 Å². The standard InChI is InChI=1S/C22H42O5.Na/c1-2-3-4-5-6-7-8-9-10-11-12-13-14-15-16-17-18-27-22(26)20(23)19-21(24)25;/h20,23H,2-19H2,1H3,(H,24,25);/q;+1/p-1. The Morgan fingerprint density at radius 2 is 1.11 bits per heavy atom. The molecule has 160 valence electrons. The number of aliphatic hydroxyl groups excluding tert-OH is 1. The molecular weight excluding hydrogens is 367 g/mol. The maximum Gasteiger partial charge on any atom is 1.00 e. The first-order valence-electron chi connectivity index (χ1n) is 11.1. The number of hydrogen-bond donors (Lipinski definition) is 1. The van der Waals surface area contributed by atoms with E-state index in [0.29, 0.717) is 0 Å². The number of carbonyl (C=O) groups excluding carboxylic acids is 2. The van der Waals surface area contributed by atoms with E-state index in [1.807, 2.05) is 0 Å². The van der Waals surface area contributed by atoms with Crippen LogP contribution in [-0.4, -0.2) is 29.8 Å². The Bertz CT molecular complexity index is 363. The number of aliphatic carboxylic acids is 1. The molecular formula is C22H41NaO5. The van der Waals surface area contributed by atoms with E-state index in [9.17, 15) is 19.8 Å². The van der Waals surface area contributed by atoms with Gasteiger partial charge in [-0.25, -0.2) is 4.79 Å². The minimum absolute atomic E-state index is 0. The van der Waals surface area contributed by atoms with Crippen molar-refractivity contribution in [2.45, 2.75) is 122 Å². The Balaban J connectivity index is 0. The monoisotopic (exact) mass is 408 g/mol. The third-order valence-electron chi connectivity index (χ3n) is 4.87. The molecule has 0 aliphatic rings. The largest absolute Gasteiger partial charge is 1.00 e. The molecule has 0 aliphatic heterocycles. The number of hydrogen-bond acceptors (Lipinski definition) is 5. The third-order valence-corrected chi connectivity index (χ3v) is 4.87. The van der Waals surface area contributed by atoms with Crippen molar-refractivity contribution in [2.75, 3.05) is 6.61 Å². The summed E-state index contributed by atoms with van der Waals surface area (Å²) >= 11 is 0. The number of ether oxygens (including phenoxy) is 1. The molecule has 0 saturated carbocycles. The van der Waals surface area contributed by atoms with Gasteiger partial charge in [-0.1, -0.05) is 103 Å². The zero-order valence-electron chi connectivity index (χ0n) is 18.4. The fraction of sp³-hybridized carbons (Fsp3) is 0.909. The van der Waals surface area contributed by atoms with Crippen LogP contribution in [0, 0.1) is 0 Å². The summed E-state index contributed by atoms with van der Waals surface area (Å²) < 4.78 is 4.84. The molecule has 0 bridgehead atoms. The average molecular weight is 409 g/mol. The summed E-state index contributed by atoms with van der Waals surface area (Å²) in [6.07, 6.45) is 18.1. The molecule has 0 aromatic carbocycles. The van der Waals surface area contributed by atoms with E-state index in [1.165, 1.54) is 83.5 Å². The zero-order chi connectivity index (χ0) is 20.2. The minimum atomic E-state index is -1.61. The van der Waals surface area contributed by atoms with Crippen molar-refractivity contribution < 1.29 is 54.1 Å². The van der Waals surface area contributed by atoms with E-state index in [4.69, 9.17) is 4.74 Å².